The van der Waals surface area contributed by atoms with Gasteiger partial charge in [-0.05, 0) is 74.6 Å². The molecule has 0 amide bonds. The van der Waals surface area contributed by atoms with E-state index in [4.69, 9.17) is 11.6 Å². The second-order valence-corrected chi connectivity index (χ2v) is 8.29. The minimum absolute atomic E-state index is 0.757. The first-order valence-electron chi connectivity index (χ1n) is 10.4. The van der Waals surface area contributed by atoms with Crippen molar-refractivity contribution in [3.05, 3.63) is 89.0 Å². The molecule has 3 rings (SSSR count). The highest BCUT2D eigenvalue weighted by Crippen LogP contribution is 2.23. The molecular formula is C25H31ClN2. The predicted octanol–water partition coefficient (Wildman–Crippen LogP) is 6.90. The van der Waals surface area contributed by atoms with Gasteiger partial charge in [-0.15, -0.1) is 0 Å². The van der Waals surface area contributed by atoms with Gasteiger partial charge in [-0.3, -0.25) is 0 Å². The summed E-state index contributed by atoms with van der Waals surface area (Å²) in [6.07, 6.45) is 14.4. The van der Waals surface area contributed by atoms with E-state index in [9.17, 15) is 0 Å². The van der Waals surface area contributed by atoms with Crippen molar-refractivity contribution in [1.82, 2.24) is 9.55 Å². The second-order valence-electron chi connectivity index (χ2n) is 7.86. The summed E-state index contributed by atoms with van der Waals surface area (Å²) in [5, 5.41) is 0.841. The Kier molecular flexibility index (Phi) is 8.17. The van der Waals surface area contributed by atoms with Crippen LogP contribution in [0.5, 0.6) is 0 Å². The van der Waals surface area contributed by atoms with Crippen molar-refractivity contribution in [1.29, 1.82) is 0 Å². The van der Waals surface area contributed by atoms with Crippen LogP contribution < -0.4 is 0 Å². The molecule has 148 valence electrons. The number of aryl methyl sites for hydroxylation is 4. The Labute approximate surface area is 174 Å². The van der Waals surface area contributed by atoms with Crippen LogP contribution in [0.2, 0.25) is 5.02 Å². The summed E-state index contributed by atoms with van der Waals surface area (Å²) in [5.41, 5.74) is 4.14. The minimum atomic E-state index is 0.757. The molecule has 1 unspecified atom stereocenters. The molecule has 0 aliphatic carbocycles. The van der Waals surface area contributed by atoms with Gasteiger partial charge in [0.25, 0.3) is 0 Å². The van der Waals surface area contributed by atoms with Crippen LogP contribution in [-0.4, -0.2) is 9.55 Å². The zero-order valence-electron chi connectivity index (χ0n) is 16.9. The van der Waals surface area contributed by atoms with Gasteiger partial charge in [0.2, 0.25) is 0 Å². The lowest BCUT2D eigenvalue weighted by Crippen LogP contribution is -2.06. The van der Waals surface area contributed by atoms with Crippen LogP contribution in [-0.2, 0) is 19.4 Å². The maximum absolute atomic E-state index is 6.15. The molecule has 0 saturated heterocycles. The van der Waals surface area contributed by atoms with Gasteiger partial charge in [-0.1, -0.05) is 60.0 Å². The number of aromatic nitrogens is 2. The van der Waals surface area contributed by atoms with E-state index < -0.39 is 0 Å². The van der Waals surface area contributed by atoms with Crippen LogP contribution in [0.25, 0.3) is 0 Å². The van der Waals surface area contributed by atoms with E-state index in [2.05, 4.69) is 65.1 Å². The number of halogens is 1. The SMILES string of the molecule is Cc1ccc(CCCC(CCCn2ccnc2)CCc2cccc(Cl)c2)cc1. The topological polar surface area (TPSA) is 17.8 Å². The quantitative estimate of drug-likeness (QED) is 0.346. The van der Waals surface area contributed by atoms with Gasteiger partial charge in [0.15, 0.2) is 0 Å². The van der Waals surface area contributed by atoms with Crippen LogP contribution in [0.4, 0.5) is 0 Å². The highest BCUT2D eigenvalue weighted by Gasteiger charge is 2.10. The molecule has 2 nitrogen and oxygen atoms in total. The zero-order valence-corrected chi connectivity index (χ0v) is 17.6. The highest BCUT2D eigenvalue weighted by molar-refractivity contribution is 6.30. The first-order valence-corrected chi connectivity index (χ1v) is 10.8. The number of imidazole rings is 1. The van der Waals surface area contributed by atoms with E-state index in [0.717, 1.165) is 23.9 Å². The van der Waals surface area contributed by atoms with Crippen molar-refractivity contribution in [3.63, 3.8) is 0 Å². The summed E-state index contributed by atoms with van der Waals surface area (Å²) in [5.74, 6) is 0.757. The van der Waals surface area contributed by atoms with E-state index in [-0.39, 0.29) is 0 Å². The first-order chi connectivity index (χ1) is 13.7. The van der Waals surface area contributed by atoms with Gasteiger partial charge in [-0.25, -0.2) is 4.98 Å². The Morgan fingerprint density at radius 1 is 0.929 bits per heavy atom. The fourth-order valence-corrected chi connectivity index (χ4v) is 4.04. The molecule has 1 aromatic heterocycles. The van der Waals surface area contributed by atoms with E-state index in [1.807, 2.05) is 18.6 Å². The van der Waals surface area contributed by atoms with Crippen LogP contribution in [0.1, 0.15) is 48.8 Å². The standard InChI is InChI=1S/C25H31ClN2/c1-21-10-12-23(13-11-21)6-2-5-22(8-4-17-28-18-16-27-20-28)14-15-24-7-3-9-25(26)19-24/h3,7,9-13,16,18-20,22H,2,4-6,8,14-15,17H2,1H3. The largest absolute Gasteiger partial charge is 0.337 e. The Balaban J connectivity index is 1.49. The third-order valence-electron chi connectivity index (χ3n) is 5.52. The summed E-state index contributed by atoms with van der Waals surface area (Å²) in [6, 6.07) is 17.3. The predicted molar refractivity (Wildman–Crippen MR) is 119 cm³/mol. The molecule has 0 bridgehead atoms. The van der Waals surface area contributed by atoms with Crippen molar-refractivity contribution in [2.45, 2.75) is 58.4 Å². The molecule has 2 aromatic carbocycles. The van der Waals surface area contributed by atoms with Crippen molar-refractivity contribution in [3.8, 4) is 0 Å². The molecule has 0 N–H and O–H groups in total. The van der Waals surface area contributed by atoms with Crippen molar-refractivity contribution in [2.24, 2.45) is 5.92 Å². The highest BCUT2D eigenvalue weighted by atomic mass is 35.5. The third kappa shape index (κ3) is 7.16. The first kappa shape index (κ1) is 20.7. The molecule has 0 fully saturated rings. The molecule has 0 aliphatic rings. The lowest BCUT2D eigenvalue weighted by atomic mass is 9.89. The summed E-state index contributed by atoms with van der Waals surface area (Å²) in [7, 11) is 0. The molecule has 0 saturated carbocycles. The lowest BCUT2D eigenvalue weighted by molar-refractivity contribution is 0.386. The van der Waals surface area contributed by atoms with Gasteiger partial charge < -0.3 is 4.57 Å². The maximum Gasteiger partial charge on any atom is 0.0945 e. The summed E-state index contributed by atoms with van der Waals surface area (Å²) in [4.78, 5) is 4.14. The number of rotatable bonds is 11. The minimum Gasteiger partial charge on any atom is -0.337 e. The molecule has 0 aliphatic heterocycles. The third-order valence-corrected chi connectivity index (χ3v) is 5.75. The number of hydrogen-bond donors (Lipinski definition) is 0. The van der Waals surface area contributed by atoms with Gasteiger partial charge >= 0.3 is 0 Å². The summed E-state index contributed by atoms with van der Waals surface area (Å²) >= 11 is 6.15. The molecular weight excluding hydrogens is 364 g/mol. The Morgan fingerprint density at radius 3 is 2.50 bits per heavy atom. The number of hydrogen-bond acceptors (Lipinski definition) is 1. The van der Waals surface area contributed by atoms with Crippen LogP contribution in [0.3, 0.4) is 0 Å². The molecule has 1 atom stereocenters. The van der Waals surface area contributed by atoms with E-state index in [0.29, 0.717) is 0 Å². The smallest absolute Gasteiger partial charge is 0.0945 e. The van der Waals surface area contributed by atoms with Gasteiger partial charge in [-0.2, -0.15) is 0 Å². The Hall–Kier alpha value is -2.06. The van der Waals surface area contributed by atoms with Crippen LogP contribution in [0.15, 0.2) is 67.3 Å². The monoisotopic (exact) mass is 394 g/mol. The average molecular weight is 395 g/mol. The number of nitrogens with zero attached hydrogens (tertiary/aromatic N) is 2. The van der Waals surface area contributed by atoms with E-state index in [1.165, 1.54) is 55.2 Å². The molecule has 3 heteroatoms. The fourth-order valence-electron chi connectivity index (χ4n) is 3.83. The van der Waals surface area contributed by atoms with Gasteiger partial charge in [0.1, 0.15) is 0 Å². The Bertz CT molecular complexity index is 809. The Morgan fingerprint density at radius 2 is 1.75 bits per heavy atom. The fraction of sp³-hybridized carbons (Fsp3) is 0.400. The maximum atomic E-state index is 6.15. The number of benzene rings is 2. The molecule has 1 heterocycles. The molecule has 0 radical (unpaired) electrons. The lowest BCUT2D eigenvalue weighted by Gasteiger charge is -2.17. The van der Waals surface area contributed by atoms with E-state index in [1.54, 1.807) is 0 Å². The molecule has 28 heavy (non-hydrogen) atoms. The summed E-state index contributed by atoms with van der Waals surface area (Å²) in [6.45, 7) is 3.21. The van der Waals surface area contributed by atoms with Crippen LogP contribution in [0, 0.1) is 12.8 Å². The van der Waals surface area contributed by atoms with E-state index >= 15 is 0 Å². The molecule has 0 spiro atoms. The summed E-state index contributed by atoms with van der Waals surface area (Å²) < 4.78 is 2.18. The van der Waals surface area contributed by atoms with Crippen molar-refractivity contribution in [2.75, 3.05) is 0 Å². The van der Waals surface area contributed by atoms with Crippen molar-refractivity contribution < 1.29 is 0 Å². The van der Waals surface area contributed by atoms with Crippen molar-refractivity contribution >= 4 is 11.6 Å². The van der Waals surface area contributed by atoms with Gasteiger partial charge in [0.05, 0.1) is 6.33 Å². The normalized spacial score (nSPS) is 12.2. The second kappa shape index (κ2) is 11.1. The molecule has 3 aromatic rings. The van der Waals surface area contributed by atoms with Crippen LogP contribution >= 0.6 is 11.6 Å². The van der Waals surface area contributed by atoms with Gasteiger partial charge in [0, 0.05) is 24.0 Å². The average Bonchev–Trinajstić information content (AvgIpc) is 3.21. The zero-order chi connectivity index (χ0) is 19.6.